The highest BCUT2D eigenvalue weighted by Gasteiger charge is 2.20. The van der Waals surface area contributed by atoms with Crippen molar-refractivity contribution in [3.8, 4) is 0 Å². The maximum atomic E-state index is 10.9. The summed E-state index contributed by atoms with van der Waals surface area (Å²) in [6.45, 7) is 4.44. The Morgan fingerprint density at radius 1 is 1.57 bits per heavy atom. The van der Waals surface area contributed by atoms with Gasteiger partial charge in [0.2, 0.25) is 0 Å². The molecule has 0 spiro atoms. The summed E-state index contributed by atoms with van der Waals surface area (Å²) in [5.74, 6) is -0.893. The van der Waals surface area contributed by atoms with E-state index in [9.17, 15) is 4.79 Å². The molecule has 0 amide bonds. The molecule has 1 aromatic rings. The molecular formula is C9H15N3O2. The largest absolute Gasteiger partial charge is 0.481 e. The van der Waals surface area contributed by atoms with Gasteiger partial charge in [0.05, 0.1) is 5.92 Å². The lowest BCUT2D eigenvalue weighted by atomic mass is 9.93. The molecule has 5 heteroatoms. The van der Waals surface area contributed by atoms with Gasteiger partial charge in [-0.1, -0.05) is 13.8 Å². The fourth-order valence-electron chi connectivity index (χ4n) is 1.36. The number of hydrogen-bond acceptors (Lipinski definition) is 3. The van der Waals surface area contributed by atoms with Crippen molar-refractivity contribution in [3.05, 3.63) is 12.7 Å². The summed E-state index contributed by atoms with van der Waals surface area (Å²) in [7, 11) is 0. The molecule has 0 aliphatic rings. The van der Waals surface area contributed by atoms with Crippen molar-refractivity contribution < 1.29 is 9.90 Å². The third kappa shape index (κ3) is 2.83. The highest BCUT2D eigenvalue weighted by atomic mass is 16.4. The third-order valence-electron chi connectivity index (χ3n) is 2.26. The molecule has 0 fully saturated rings. The zero-order valence-electron chi connectivity index (χ0n) is 8.42. The topological polar surface area (TPSA) is 68.0 Å². The minimum atomic E-state index is -0.736. The van der Waals surface area contributed by atoms with Crippen LogP contribution in [0.2, 0.25) is 0 Å². The second kappa shape index (κ2) is 4.74. The van der Waals surface area contributed by atoms with Crippen molar-refractivity contribution >= 4 is 5.97 Å². The number of aliphatic carboxylic acids is 1. The van der Waals surface area contributed by atoms with Crippen molar-refractivity contribution in [1.29, 1.82) is 0 Å². The van der Waals surface area contributed by atoms with Crippen LogP contribution in [0.15, 0.2) is 12.7 Å². The zero-order chi connectivity index (χ0) is 10.6. The first-order valence-corrected chi connectivity index (χ1v) is 4.66. The molecule has 0 aliphatic heterocycles. The van der Waals surface area contributed by atoms with Crippen molar-refractivity contribution in [1.82, 2.24) is 14.8 Å². The van der Waals surface area contributed by atoms with Gasteiger partial charge in [-0.2, -0.15) is 5.10 Å². The maximum absolute atomic E-state index is 10.9. The highest BCUT2D eigenvalue weighted by Crippen LogP contribution is 2.15. The van der Waals surface area contributed by atoms with E-state index in [0.29, 0.717) is 13.0 Å². The van der Waals surface area contributed by atoms with Gasteiger partial charge in [0.25, 0.3) is 0 Å². The van der Waals surface area contributed by atoms with E-state index in [0.717, 1.165) is 0 Å². The van der Waals surface area contributed by atoms with Crippen molar-refractivity contribution in [2.45, 2.75) is 26.8 Å². The normalized spacial score (nSPS) is 13.1. The van der Waals surface area contributed by atoms with Crippen LogP contribution >= 0.6 is 0 Å². The minimum Gasteiger partial charge on any atom is -0.481 e. The van der Waals surface area contributed by atoms with E-state index in [4.69, 9.17) is 5.11 Å². The van der Waals surface area contributed by atoms with Gasteiger partial charge >= 0.3 is 5.97 Å². The second-order valence-corrected chi connectivity index (χ2v) is 3.64. The molecule has 0 radical (unpaired) electrons. The van der Waals surface area contributed by atoms with E-state index in [-0.39, 0.29) is 11.8 Å². The molecular weight excluding hydrogens is 182 g/mol. The molecule has 1 atom stereocenters. The molecule has 0 aliphatic carbocycles. The molecule has 1 aromatic heterocycles. The summed E-state index contributed by atoms with van der Waals surface area (Å²) in [4.78, 5) is 14.6. The lowest BCUT2D eigenvalue weighted by molar-refractivity contribution is -0.143. The summed E-state index contributed by atoms with van der Waals surface area (Å²) in [6.07, 6.45) is 3.64. The number of hydrogen-bond donors (Lipinski definition) is 1. The first-order chi connectivity index (χ1) is 6.61. The highest BCUT2D eigenvalue weighted by molar-refractivity contribution is 5.70. The van der Waals surface area contributed by atoms with Crippen molar-refractivity contribution in [2.75, 3.05) is 0 Å². The lowest BCUT2D eigenvalue weighted by Gasteiger charge is -2.15. The van der Waals surface area contributed by atoms with Crippen molar-refractivity contribution in [2.24, 2.45) is 11.8 Å². The lowest BCUT2D eigenvalue weighted by Crippen LogP contribution is -2.21. The van der Waals surface area contributed by atoms with Crippen LogP contribution in [-0.2, 0) is 11.3 Å². The molecule has 14 heavy (non-hydrogen) atoms. The maximum Gasteiger partial charge on any atom is 0.306 e. The van der Waals surface area contributed by atoms with Crippen LogP contribution in [0.25, 0.3) is 0 Å². The number of carboxylic acid groups (broad SMARTS) is 1. The van der Waals surface area contributed by atoms with E-state index >= 15 is 0 Å². The predicted molar refractivity (Wildman–Crippen MR) is 50.6 cm³/mol. The summed E-state index contributed by atoms with van der Waals surface area (Å²) >= 11 is 0. The smallest absolute Gasteiger partial charge is 0.306 e. The minimum absolute atomic E-state index is 0.149. The zero-order valence-corrected chi connectivity index (χ0v) is 8.42. The Kier molecular flexibility index (Phi) is 3.62. The molecule has 1 N–H and O–H groups in total. The van der Waals surface area contributed by atoms with Crippen LogP contribution in [0.4, 0.5) is 0 Å². The number of nitrogens with zero attached hydrogens (tertiary/aromatic N) is 3. The molecule has 0 saturated carbocycles. The molecule has 1 heterocycles. The number of carboxylic acids is 1. The van der Waals surface area contributed by atoms with Gasteiger partial charge in [-0.15, -0.1) is 0 Å². The van der Waals surface area contributed by atoms with E-state index in [1.807, 2.05) is 13.8 Å². The Labute approximate surface area is 82.8 Å². The third-order valence-corrected chi connectivity index (χ3v) is 2.26. The molecule has 1 unspecified atom stereocenters. The SMILES string of the molecule is CC(C)C(CCn1cncn1)C(=O)O. The average Bonchev–Trinajstić information content (AvgIpc) is 2.55. The van der Waals surface area contributed by atoms with Gasteiger partial charge < -0.3 is 5.11 Å². The second-order valence-electron chi connectivity index (χ2n) is 3.64. The molecule has 0 saturated heterocycles. The van der Waals surface area contributed by atoms with Gasteiger partial charge in [0, 0.05) is 6.54 Å². The molecule has 0 aromatic carbocycles. The molecule has 1 rings (SSSR count). The van der Waals surface area contributed by atoms with E-state index in [1.54, 1.807) is 11.0 Å². The monoisotopic (exact) mass is 197 g/mol. The van der Waals surface area contributed by atoms with Gasteiger partial charge in [0.15, 0.2) is 0 Å². The average molecular weight is 197 g/mol. The Balaban J connectivity index is 2.45. The Morgan fingerprint density at radius 3 is 2.71 bits per heavy atom. The van der Waals surface area contributed by atoms with E-state index in [1.165, 1.54) is 6.33 Å². The van der Waals surface area contributed by atoms with Crippen LogP contribution in [0.5, 0.6) is 0 Å². The van der Waals surface area contributed by atoms with Crippen LogP contribution in [0.1, 0.15) is 20.3 Å². The predicted octanol–water partition coefficient (Wildman–Crippen LogP) is 1.02. The Hall–Kier alpha value is -1.39. The molecule has 78 valence electrons. The summed E-state index contributed by atoms with van der Waals surface area (Å²) in [5.41, 5.74) is 0. The van der Waals surface area contributed by atoms with Gasteiger partial charge in [-0.3, -0.25) is 9.48 Å². The number of aromatic nitrogens is 3. The fourth-order valence-corrected chi connectivity index (χ4v) is 1.36. The summed E-state index contributed by atoms with van der Waals surface area (Å²) in [5, 5.41) is 12.8. The van der Waals surface area contributed by atoms with E-state index in [2.05, 4.69) is 10.1 Å². The number of aryl methyl sites for hydroxylation is 1. The van der Waals surface area contributed by atoms with Crippen LogP contribution < -0.4 is 0 Å². The standard InChI is InChI=1S/C9H15N3O2/c1-7(2)8(9(13)14)3-4-12-6-10-5-11-12/h5-8H,3-4H2,1-2H3,(H,13,14). The molecule has 0 bridgehead atoms. The van der Waals surface area contributed by atoms with Crippen molar-refractivity contribution in [3.63, 3.8) is 0 Å². The van der Waals surface area contributed by atoms with Crippen LogP contribution in [0, 0.1) is 11.8 Å². The Morgan fingerprint density at radius 2 is 2.29 bits per heavy atom. The summed E-state index contributed by atoms with van der Waals surface area (Å²) in [6, 6.07) is 0. The van der Waals surface area contributed by atoms with Gasteiger partial charge in [0.1, 0.15) is 12.7 Å². The van der Waals surface area contributed by atoms with Gasteiger partial charge in [-0.25, -0.2) is 4.98 Å². The van der Waals surface area contributed by atoms with Crippen LogP contribution in [-0.4, -0.2) is 25.8 Å². The Bertz CT molecular complexity index is 282. The number of rotatable bonds is 5. The number of carbonyl (C=O) groups is 1. The van der Waals surface area contributed by atoms with E-state index < -0.39 is 5.97 Å². The first kappa shape index (κ1) is 10.7. The summed E-state index contributed by atoms with van der Waals surface area (Å²) < 4.78 is 1.65. The quantitative estimate of drug-likeness (QED) is 0.765. The fraction of sp³-hybridized carbons (Fsp3) is 0.667. The first-order valence-electron chi connectivity index (χ1n) is 4.66. The van der Waals surface area contributed by atoms with Gasteiger partial charge in [-0.05, 0) is 12.3 Å². The van der Waals surface area contributed by atoms with Crippen LogP contribution in [0.3, 0.4) is 0 Å². The molecule has 5 nitrogen and oxygen atoms in total.